The Morgan fingerprint density at radius 3 is 2.33 bits per heavy atom. The van der Waals surface area contributed by atoms with E-state index in [9.17, 15) is 4.79 Å². The van der Waals surface area contributed by atoms with Crippen molar-refractivity contribution in [1.29, 1.82) is 0 Å². The van der Waals surface area contributed by atoms with Crippen molar-refractivity contribution < 1.29 is 14.3 Å². The van der Waals surface area contributed by atoms with Crippen LogP contribution >= 0.6 is 0 Å². The van der Waals surface area contributed by atoms with E-state index in [2.05, 4.69) is 0 Å². The van der Waals surface area contributed by atoms with Crippen LogP contribution in [0.5, 0.6) is 5.75 Å². The first-order chi connectivity index (χ1) is 11.7. The molecule has 4 heteroatoms. The average molecular weight is 321 g/mol. The maximum Gasteiger partial charge on any atom is 0.340 e. The first-order valence-electron chi connectivity index (χ1n) is 7.78. The highest BCUT2D eigenvalue weighted by Gasteiger charge is 2.17. The molecule has 0 heterocycles. The number of anilines is 1. The van der Waals surface area contributed by atoms with Crippen LogP contribution in [0.15, 0.2) is 54.6 Å². The van der Waals surface area contributed by atoms with E-state index in [1.165, 1.54) is 0 Å². The van der Waals surface area contributed by atoms with Gasteiger partial charge in [-0.3, -0.25) is 0 Å². The second kappa shape index (κ2) is 6.62. The molecular weight excluding hydrogens is 302 g/mol. The molecule has 3 aromatic carbocycles. The first-order valence-corrected chi connectivity index (χ1v) is 7.78. The summed E-state index contributed by atoms with van der Waals surface area (Å²) in [4.78, 5) is 12.3. The van der Waals surface area contributed by atoms with Gasteiger partial charge in [-0.25, -0.2) is 4.79 Å². The number of rotatable bonds is 4. The van der Waals surface area contributed by atoms with Gasteiger partial charge in [0.2, 0.25) is 0 Å². The van der Waals surface area contributed by atoms with Crippen LogP contribution in [0.1, 0.15) is 17.3 Å². The summed E-state index contributed by atoms with van der Waals surface area (Å²) in [5, 5.41) is 1.84. The molecule has 4 nitrogen and oxygen atoms in total. The molecular formula is C20H19NO3. The zero-order valence-electron chi connectivity index (χ0n) is 13.7. The smallest absolute Gasteiger partial charge is 0.340 e. The lowest BCUT2D eigenvalue weighted by molar-refractivity contribution is 0.0528. The van der Waals surface area contributed by atoms with Gasteiger partial charge in [0.15, 0.2) is 0 Å². The molecule has 0 atom stereocenters. The van der Waals surface area contributed by atoms with Gasteiger partial charge < -0.3 is 15.2 Å². The highest BCUT2D eigenvalue weighted by Crippen LogP contribution is 2.35. The maximum atomic E-state index is 12.3. The molecule has 0 aliphatic heterocycles. The Hall–Kier alpha value is -3.01. The number of hydrogen-bond acceptors (Lipinski definition) is 4. The fourth-order valence-corrected chi connectivity index (χ4v) is 2.78. The number of nitrogens with two attached hydrogens (primary N) is 1. The van der Waals surface area contributed by atoms with E-state index in [1.807, 2.05) is 48.5 Å². The molecule has 0 radical (unpaired) electrons. The van der Waals surface area contributed by atoms with Crippen LogP contribution in [0.4, 0.5) is 5.69 Å². The molecule has 0 saturated carbocycles. The Morgan fingerprint density at radius 1 is 1.04 bits per heavy atom. The number of carbonyl (C=O) groups excluding carboxylic acids is 1. The largest absolute Gasteiger partial charge is 0.497 e. The van der Waals surface area contributed by atoms with Gasteiger partial charge in [-0.1, -0.05) is 36.4 Å². The van der Waals surface area contributed by atoms with Crippen LogP contribution < -0.4 is 10.5 Å². The van der Waals surface area contributed by atoms with Crippen LogP contribution in [0.25, 0.3) is 21.9 Å². The van der Waals surface area contributed by atoms with E-state index >= 15 is 0 Å². The monoisotopic (exact) mass is 321 g/mol. The van der Waals surface area contributed by atoms with E-state index < -0.39 is 5.97 Å². The van der Waals surface area contributed by atoms with E-state index in [0.29, 0.717) is 17.9 Å². The molecule has 24 heavy (non-hydrogen) atoms. The molecule has 0 spiro atoms. The molecule has 0 aliphatic carbocycles. The second-order valence-corrected chi connectivity index (χ2v) is 5.38. The van der Waals surface area contributed by atoms with Crippen molar-refractivity contribution in [2.75, 3.05) is 19.5 Å². The third-order valence-corrected chi connectivity index (χ3v) is 3.98. The molecule has 2 N–H and O–H groups in total. The van der Waals surface area contributed by atoms with Crippen LogP contribution in [-0.4, -0.2) is 19.7 Å². The lowest BCUT2D eigenvalue weighted by Gasteiger charge is -2.14. The zero-order chi connectivity index (χ0) is 17.1. The summed E-state index contributed by atoms with van der Waals surface area (Å²) in [5.74, 6) is 0.375. The molecule has 0 unspecified atom stereocenters. The lowest BCUT2D eigenvalue weighted by atomic mass is 9.94. The summed E-state index contributed by atoms with van der Waals surface area (Å²) in [5.41, 5.74) is 8.98. The van der Waals surface area contributed by atoms with Crippen LogP contribution in [0.2, 0.25) is 0 Å². The molecule has 0 saturated heterocycles. The summed E-state index contributed by atoms with van der Waals surface area (Å²) in [7, 11) is 1.63. The summed E-state index contributed by atoms with van der Waals surface area (Å²) in [6, 6.07) is 17.3. The van der Waals surface area contributed by atoms with E-state index in [4.69, 9.17) is 15.2 Å². The van der Waals surface area contributed by atoms with Gasteiger partial charge in [0.1, 0.15) is 5.75 Å². The fraction of sp³-hybridized carbons (Fsp3) is 0.150. The number of hydrogen-bond donors (Lipinski definition) is 1. The molecule has 0 aromatic heterocycles. The summed E-state index contributed by atoms with van der Waals surface area (Å²) >= 11 is 0. The van der Waals surface area contributed by atoms with Crippen LogP contribution in [0.3, 0.4) is 0 Å². The van der Waals surface area contributed by atoms with Crippen molar-refractivity contribution in [3.05, 3.63) is 60.2 Å². The molecule has 3 rings (SSSR count). The number of carbonyl (C=O) groups is 1. The van der Waals surface area contributed by atoms with Crippen molar-refractivity contribution in [2.45, 2.75) is 6.92 Å². The van der Waals surface area contributed by atoms with E-state index in [0.717, 1.165) is 27.6 Å². The molecule has 0 fully saturated rings. The summed E-state index contributed by atoms with van der Waals surface area (Å²) < 4.78 is 10.4. The molecule has 3 aromatic rings. The van der Waals surface area contributed by atoms with Crippen molar-refractivity contribution in [3.8, 4) is 16.9 Å². The number of esters is 1. The second-order valence-electron chi connectivity index (χ2n) is 5.38. The quantitative estimate of drug-likeness (QED) is 0.575. The van der Waals surface area contributed by atoms with E-state index in [-0.39, 0.29) is 0 Å². The Balaban J connectivity index is 2.25. The minimum absolute atomic E-state index is 0.309. The van der Waals surface area contributed by atoms with Crippen molar-refractivity contribution in [2.24, 2.45) is 0 Å². The number of benzene rings is 3. The molecule has 0 amide bonds. The van der Waals surface area contributed by atoms with Crippen LogP contribution in [0, 0.1) is 0 Å². The highest BCUT2D eigenvalue weighted by atomic mass is 16.5. The first kappa shape index (κ1) is 15.9. The van der Waals surface area contributed by atoms with E-state index in [1.54, 1.807) is 20.1 Å². The minimum atomic E-state index is -0.407. The van der Waals surface area contributed by atoms with Crippen LogP contribution in [-0.2, 0) is 4.74 Å². The number of fused-ring (bicyclic) bond motifs is 1. The predicted octanol–water partition coefficient (Wildman–Crippen LogP) is 4.27. The third kappa shape index (κ3) is 2.78. The van der Waals surface area contributed by atoms with Crippen molar-refractivity contribution in [3.63, 3.8) is 0 Å². The van der Waals surface area contributed by atoms with Gasteiger partial charge in [-0.15, -0.1) is 0 Å². The molecule has 122 valence electrons. The SMILES string of the molecule is CCOC(=O)c1cc(-c2ccc(OC)cc2)c2ccccc2c1N. The van der Waals surface area contributed by atoms with Gasteiger partial charge in [-0.2, -0.15) is 0 Å². The average Bonchev–Trinajstić information content (AvgIpc) is 2.62. The van der Waals surface area contributed by atoms with Gasteiger partial charge in [-0.05, 0) is 41.6 Å². The third-order valence-electron chi connectivity index (χ3n) is 3.98. The minimum Gasteiger partial charge on any atom is -0.497 e. The predicted molar refractivity (Wildman–Crippen MR) is 96.3 cm³/mol. The summed E-state index contributed by atoms with van der Waals surface area (Å²) in [6.07, 6.45) is 0. The normalized spacial score (nSPS) is 10.6. The van der Waals surface area contributed by atoms with Crippen molar-refractivity contribution >= 4 is 22.4 Å². The molecule has 0 bridgehead atoms. The molecule has 0 aliphatic rings. The Labute approximate surface area is 140 Å². The Morgan fingerprint density at radius 2 is 1.71 bits per heavy atom. The van der Waals surface area contributed by atoms with Gasteiger partial charge in [0, 0.05) is 5.39 Å². The van der Waals surface area contributed by atoms with Gasteiger partial charge in [0.25, 0.3) is 0 Å². The lowest BCUT2D eigenvalue weighted by Crippen LogP contribution is -2.09. The number of nitrogen functional groups attached to an aromatic ring is 1. The standard InChI is InChI=1S/C20H19NO3/c1-3-24-20(22)18-12-17(13-8-10-14(23-2)11-9-13)15-6-4-5-7-16(15)19(18)21/h4-12H,3,21H2,1-2H3. The van der Waals surface area contributed by atoms with Gasteiger partial charge >= 0.3 is 5.97 Å². The number of ether oxygens (including phenoxy) is 2. The maximum absolute atomic E-state index is 12.3. The number of methoxy groups -OCH3 is 1. The zero-order valence-corrected chi connectivity index (χ0v) is 13.7. The Kier molecular flexibility index (Phi) is 4.38. The summed E-state index contributed by atoms with van der Waals surface area (Å²) in [6.45, 7) is 2.09. The van der Waals surface area contributed by atoms with Crippen molar-refractivity contribution in [1.82, 2.24) is 0 Å². The van der Waals surface area contributed by atoms with Gasteiger partial charge in [0.05, 0.1) is 25.0 Å². The Bertz CT molecular complexity index is 885. The topological polar surface area (TPSA) is 61.5 Å². The fourth-order valence-electron chi connectivity index (χ4n) is 2.78. The highest BCUT2D eigenvalue weighted by molar-refractivity contribution is 6.11.